The van der Waals surface area contributed by atoms with E-state index < -0.39 is 0 Å². The van der Waals surface area contributed by atoms with Gasteiger partial charge in [0.25, 0.3) is 0 Å². The van der Waals surface area contributed by atoms with Crippen molar-refractivity contribution in [2.24, 2.45) is 0 Å². The van der Waals surface area contributed by atoms with E-state index in [1.54, 1.807) is 7.11 Å². The average molecular weight is 369 g/mol. The molecule has 0 N–H and O–H groups in total. The number of rotatable bonds is 7. The van der Waals surface area contributed by atoms with Crippen LogP contribution in [0.1, 0.15) is 30.9 Å². The fourth-order valence-corrected chi connectivity index (χ4v) is 3.44. The van der Waals surface area contributed by atoms with Crippen molar-refractivity contribution >= 4 is 5.69 Å². The van der Waals surface area contributed by atoms with Gasteiger partial charge in [-0.05, 0) is 54.3 Å². The summed E-state index contributed by atoms with van der Waals surface area (Å²) in [6, 6.07) is 14.9. The van der Waals surface area contributed by atoms with Crippen LogP contribution in [-0.4, -0.2) is 51.3 Å². The van der Waals surface area contributed by atoms with Crippen LogP contribution in [0.15, 0.2) is 42.5 Å². The molecule has 0 aromatic heterocycles. The predicted molar refractivity (Wildman–Crippen MR) is 112 cm³/mol. The minimum atomic E-state index is 0.527. The Hall–Kier alpha value is -2.20. The summed E-state index contributed by atoms with van der Waals surface area (Å²) in [4.78, 5) is 4.93. The Morgan fingerprint density at radius 1 is 0.963 bits per heavy atom. The summed E-state index contributed by atoms with van der Waals surface area (Å²) in [5.41, 5.74) is 3.82. The minimum Gasteiger partial charge on any atom is -0.497 e. The molecule has 2 aromatic rings. The topological polar surface area (TPSA) is 24.9 Å². The summed E-state index contributed by atoms with van der Waals surface area (Å²) in [6.07, 6.45) is 0. The molecule has 0 unspecified atom stereocenters. The van der Waals surface area contributed by atoms with Crippen molar-refractivity contribution in [1.29, 1.82) is 0 Å². The lowest BCUT2D eigenvalue weighted by atomic mass is 10.0. The van der Waals surface area contributed by atoms with Gasteiger partial charge in [0.2, 0.25) is 0 Å². The van der Waals surface area contributed by atoms with E-state index in [1.165, 1.54) is 16.8 Å². The zero-order chi connectivity index (χ0) is 19.2. The van der Waals surface area contributed by atoms with Gasteiger partial charge >= 0.3 is 0 Å². The Morgan fingerprint density at radius 3 is 2.30 bits per heavy atom. The molecule has 0 saturated carbocycles. The van der Waals surface area contributed by atoms with Gasteiger partial charge in [0.1, 0.15) is 18.1 Å². The Bertz CT molecular complexity index is 720. The molecule has 2 aromatic carbocycles. The number of nitrogens with zero attached hydrogens (tertiary/aromatic N) is 2. The van der Waals surface area contributed by atoms with Crippen molar-refractivity contribution in [3.8, 4) is 11.5 Å². The Balaban J connectivity index is 1.45. The van der Waals surface area contributed by atoms with Gasteiger partial charge in [-0.2, -0.15) is 0 Å². The van der Waals surface area contributed by atoms with Crippen LogP contribution >= 0.6 is 0 Å². The maximum Gasteiger partial charge on any atom is 0.122 e. The Morgan fingerprint density at radius 2 is 1.67 bits per heavy atom. The molecule has 0 radical (unpaired) electrons. The maximum atomic E-state index is 6.10. The van der Waals surface area contributed by atoms with Gasteiger partial charge in [0.05, 0.1) is 7.11 Å². The number of hydrogen-bond donors (Lipinski definition) is 0. The van der Waals surface area contributed by atoms with Gasteiger partial charge in [-0.15, -0.1) is 0 Å². The van der Waals surface area contributed by atoms with Gasteiger partial charge < -0.3 is 14.4 Å². The van der Waals surface area contributed by atoms with Crippen LogP contribution in [0, 0.1) is 6.92 Å². The number of hydrogen-bond acceptors (Lipinski definition) is 4. The fraction of sp³-hybridized carbons (Fsp3) is 0.478. The molecular weight excluding hydrogens is 336 g/mol. The molecule has 4 heteroatoms. The molecule has 0 atom stereocenters. The second-order valence-electron chi connectivity index (χ2n) is 7.55. The number of ether oxygens (including phenoxy) is 2. The highest BCUT2D eigenvalue weighted by atomic mass is 16.5. The van der Waals surface area contributed by atoms with Gasteiger partial charge in [-0.3, -0.25) is 4.90 Å². The van der Waals surface area contributed by atoms with Crippen LogP contribution in [-0.2, 0) is 0 Å². The zero-order valence-electron chi connectivity index (χ0n) is 17.1. The molecule has 3 rings (SSSR count). The molecule has 146 valence electrons. The van der Waals surface area contributed by atoms with E-state index in [-0.39, 0.29) is 0 Å². The Labute approximate surface area is 163 Å². The highest BCUT2D eigenvalue weighted by Crippen LogP contribution is 2.24. The molecule has 4 nitrogen and oxygen atoms in total. The van der Waals surface area contributed by atoms with E-state index >= 15 is 0 Å². The molecule has 0 aliphatic carbocycles. The molecule has 1 aliphatic heterocycles. The lowest BCUT2D eigenvalue weighted by Crippen LogP contribution is -2.47. The molecule has 1 heterocycles. The SMILES string of the molecule is COc1ccc(N2CCN(CCOc3cc(C(C)C)ccc3C)CC2)cc1. The summed E-state index contributed by atoms with van der Waals surface area (Å²) >= 11 is 0. The number of piperazine rings is 1. The number of aryl methyl sites for hydroxylation is 1. The first-order chi connectivity index (χ1) is 13.1. The predicted octanol–water partition coefficient (Wildman–Crippen LogP) is 4.33. The second kappa shape index (κ2) is 9.14. The summed E-state index contributed by atoms with van der Waals surface area (Å²) in [5, 5.41) is 0. The summed E-state index contributed by atoms with van der Waals surface area (Å²) in [6.45, 7) is 12.5. The van der Waals surface area contributed by atoms with E-state index in [0.717, 1.165) is 50.8 Å². The number of benzene rings is 2. The first-order valence-corrected chi connectivity index (χ1v) is 9.91. The number of methoxy groups -OCH3 is 1. The fourth-order valence-electron chi connectivity index (χ4n) is 3.44. The third-order valence-corrected chi connectivity index (χ3v) is 5.35. The van der Waals surface area contributed by atoms with Crippen molar-refractivity contribution in [2.75, 3.05) is 51.3 Å². The van der Waals surface area contributed by atoms with Gasteiger partial charge in [-0.25, -0.2) is 0 Å². The van der Waals surface area contributed by atoms with Crippen LogP contribution in [0.2, 0.25) is 0 Å². The average Bonchev–Trinajstić information content (AvgIpc) is 2.70. The third kappa shape index (κ3) is 5.16. The van der Waals surface area contributed by atoms with Crippen molar-refractivity contribution in [1.82, 2.24) is 4.90 Å². The molecule has 0 bridgehead atoms. The first kappa shape index (κ1) is 19.6. The summed E-state index contributed by atoms with van der Waals surface area (Å²) in [7, 11) is 1.70. The summed E-state index contributed by atoms with van der Waals surface area (Å²) in [5.74, 6) is 2.46. The van der Waals surface area contributed by atoms with E-state index in [1.807, 2.05) is 12.1 Å². The quantitative estimate of drug-likeness (QED) is 0.726. The van der Waals surface area contributed by atoms with Gasteiger partial charge in [0.15, 0.2) is 0 Å². The first-order valence-electron chi connectivity index (χ1n) is 9.91. The van der Waals surface area contributed by atoms with Crippen molar-refractivity contribution in [3.05, 3.63) is 53.6 Å². The highest BCUT2D eigenvalue weighted by Gasteiger charge is 2.17. The van der Waals surface area contributed by atoms with Crippen LogP contribution in [0.5, 0.6) is 11.5 Å². The molecule has 1 saturated heterocycles. The van der Waals surface area contributed by atoms with Crippen molar-refractivity contribution in [3.63, 3.8) is 0 Å². The van der Waals surface area contributed by atoms with E-state index in [0.29, 0.717) is 5.92 Å². The molecule has 27 heavy (non-hydrogen) atoms. The van der Waals surface area contributed by atoms with E-state index in [2.05, 4.69) is 60.9 Å². The van der Waals surface area contributed by atoms with Crippen LogP contribution in [0.3, 0.4) is 0 Å². The summed E-state index contributed by atoms with van der Waals surface area (Å²) < 4.78 is 11.3. The van der Waals surface area contributed by atoms with Crippen molar-refractivity contribution in [2.45, 2.75) is 26.7 Å². The normalized spacial score (nSPS) is 15.2. The Kier molecular flexibility index (Phi) is 6.62. The van der Waals surface area contributed by atoms with E-state index in [4.69, 9.17) is 9.47 Å². The lowest BCUT2D eigenvalue weighted by molar-refractivity contribution is 0.200. The minimum absolute atomic E-state index is 0.527. The zero-order valence-corrected chi connectivity index (χ0v) is 17.1. The van der Waals surface area contributed by atoms with Crippen LogP contribution in [0.25, 0.3) is 0 Å². The second-order valence-corrected chi connectivity index (χ2v) is 7.55. The largest absolute Gasteiger partial charge is 0.497 e. The van der Waals surface area contributed by atoms with Crippen LogP contribution < -0.4 is 14.4 Å². The molecule has 1 fully saturated rings. The molecule has 0 spiro atoms. The van der Waals surface area contributed by atoms with Gasteiger partial charge in [-0.1, -0.05) is 26.0 Å². The standard InChI is InChI=1S/C23H32N2O2/c1-18(2)20-6-5-19(3)23(17-20)27-16-15-24-11-13-25(14-12-24)21-7-9-22(26-4)10-8-21/h5-10,17-18H,11-16H2,1-4H3. The van der Waals surface area contributed by atoms with Crippen molar-refractivity contribution < 1.29 is 9.47 Å². The third-order valence-electron chi connectivity index (χ3n) is 5.35. The maximum absolute atomic E-state index is 6.10. The molecular formula is C23H32N2O2. The number of anilines is 1. The lowest BCUT2D eigenvalue weighted by Gasteiger charge is -2.36. The monoisotopic (exact) mass is 368 g/mol. The molecule has 1 aliphatic rings. The van der Waals surface area contributed by atoms with Gasteiger partial charge in [0, 0.05) is 38.4 Å². The highest BCUT2D eigenvalue weighted by molar-refractivity contribution is 5.49. The smallest absolute Gasteiger partial charge is 0.122 e. The van der Waals surface area contributed by atoms with Crippen LogP contribution in [0.4, 0.5) is 5.69 Å². The molecule has 0 amide bonds. The van der Waals surface area contributed by atoms with E-state index in [9.17, 15) is 0 Å².